The van der Waals surface area contributed by atoms with Gasteiger partial charge in [-0.3, -0.25) is 9.79 Å². The fraction of sp³-hybridized carbons (Fsp3) is 0.560. The van der Waals surface area contributed by atoms with Crippen LogP contribution in [-0.2, 0) is 11.3 Å². The number of pyridine rings is 1. The number of para-hydroxylation sites is 1. The number of nitrogens with zero attached hydrogens (tertiary/aromatic N) is 4. The van der Waals surface area contributed by atoms with E-state index in [-0.39, 0.29) is 35.9 Å². The van der Waals surface area contributed by atoms with Crippen molar-refractivity contribution in [2.45, 2.75) is 51.1 Å². The summed E-state index contributed by atoms with van der Waals surface area (Å²) in [6, 6.07) is 10.6. The molecule has 1 aromatic carbocycles. The Morgan fingerprint density at radius 2 is 1.94 bits per heavy atom. The summed E-state index contributed by atoms with van der Waals surface area (Å²) in [7, 11) is 5.82. The summed E-state index contributed by atoms with van der Waals surface area (Å²) in [5.74, 6) is 2.31. The molecule has 1 unspecified atom stereocenters. The van der Waals surface area contributed by atoms with Gasteiger partial charge in [0, 0.05) is 58.1 Å². The molecule has 180 valence electrons. The molecule has 1 saturated carbocycles. The molecule has 1 aliphatic carbocycles. The summed E-state index contributed by atoms with van der Waals surface area (Å²) in [6.45, 7) is 2.26. The SMILES string of the molecule is CN=C(NCc1cc(N(C)C)nc2ccccc12)NC1CCN(C(=O)C2CCCCC2)C1.I. The zero-order valence-corrected chi connectivity index (χ0v) is 22.3. The van der Waals surface area contributed by atoms with E-state index in [0.29, 0.717) is 12.5 Å². The lowest BCUT2D eigenvalue weighted by Gasteiger charge is -2.26. The number of hydrogen-bond donors (Lipinski definition) is 2. The van der Waals surface area contributed by atoms with Crippen molar-refractivity contribution in [3.63, 3.8) is 0 Å². The monoisotopic (exact) mass is 564 g/mol. The minimum atomic E-state index is 0. The molecular formula is C25H37IN6O. The zero-order chi connectivity index (χ0) is 22.5. The predicted molar refractivity (Wildman–Crippen MR) is 146 cm³/mol. The first-order chi connectivity index (χ1) is 15.5. The molecule has 1 atom stereocenters. The number of carbonyl (C=O) groups is 1. The van der Waals surface area contributed by atoms with Crippen LogP contribution in [0.5, 0.6) is 0 Å². The summed E-state index contributed by atoms with van der Waals surface area (Å²) in [5, 5.41) is 8.14. The number of amides is 1. The third-order valence-electron chi connectivity index (χ3n) is 6.71. The number of aliphatic imine (C=N–C) groups is 1. The Bertz CT molecular complexity index is 973. The number of anilines is 1. The largest absolute Gasteiger partial charge is 0.363 e. The predicted octanol–water partition coefficient (Wildman–Crippen LogP) is 3.77. The van der Waals surface area contributed by atoms with Crippen LogP contribution in [0.4, 0.5) is 5.82 Å². The summed E-state index contributed by atoms with van der Waals surface area (Å²) in [5.41, 5.74) is 2.17. The smallest absolute Gasteiger partial charge is 0.225 e. The molecule has 0 bridgehead atoms. The molecule has 7 nitrogen and oxygen atoms in total. The van der Waals surface area contributed by atoms with Crippen molar-refractivity contribution >= 4 is 52.6 Å². The van der Waals surface area contributed by atoms with Gasteiger partial charge in [0.05, 0.1) is 5.52 Å². The lowest BCUT2D eigenvalue weighted by molar-refractivity contribution is -0.135. The number of guanidine groups is 1. The molecule has 2 fully saturated rings. The van der Waals surface area contributed by atoms with Gasteiger partial charge < -0.3 is 20.4 Å². The van der Waals surface area contributed by atoms with Gasteiger partial charge in [-0.15, -0.1) is 24.0 Å². The van der Waals surface area contributed by atoms with E-state index in [4.69, 9.17) is 4.98 Å². The van der Waals surface area contributed by atoms with E-state index in [2.05, 4.69) is 38.7 Å². The highest BCUT2D eigenvalue weighted by molar-refractivity contribution is 14.0. The Kier molecular flexibility index (Phi) is 9.17. The van der Waals surface area contributed by atoms with E-state index in [1.54, 1.807) is 7.05 Å². The number of carbonyl (C=O) groups excluding carboxylic acids is 1. The van der Waals surface area contributed by atoms with E-state index >= 15 is 0 Å². The third-order valence-corrected chi connectivity index (χ3v) is 6.71. The summed E-state index contributed by atoms with van der Waals surface area (Å²) in [4.78, 5) is 26.1. The van der Waals surface area contributed by atoms with Crippen LogP contribution in [-0.4, -0.2) is 62.0 Å². The van der Waals surface area contributed by atoms with Gasteiger partial charge >= 0.3 is 0 Å². The minimum Gasteiger partial charge on any atom is -0.363 e. The number of fused-ring (bicyclic) bond motifs is 1. The maximum absolute atomic E-state index is 12.9. The van der Waals surface area contributed by atoms with Crippen LogP contribution in [0.15, 0.2) is 35.3 Å². The van der Waals surface area contributed by atoms with Crippen LogP contribution < -0.4 is 15.5 Å². The van der Waals surface area contributed by atoms with Crippen molar-refractivity contribution < 1.29 is 4.79 Å². The highest BCUT2D eigenvalue weighted by atomic mass is 127. The maximum Gasteiger partial charge on any atom is 0.225 e. The molecule has 2 N–H and O–H groups in total. The van der Waals surface area contributed by atoms with Crippen molar-refractivity contribution in [3.8, 4) is 0 Å². The van der Waals surface area contributed by atoms with Gasteiger partial charge in [-0.05, 0) is 37.0 Å². The number of nitrogens with one attached hydrogen (secondary N) is 2. The van der Waals surface area contributed by atoms with Crippen LogP contribution in [0.1, 0.15) is 44.1 Å². The molecule has 2 aliphatic rings. The molecule has 2 aromatic rings. The normalized spacial score (nSPS) is 19.3. The molecule has 33 heavy (non-hydrogen) atoms. The number of rotatable bonds is 5. The van der Waals surface area contributed by atoms with Crippen molar-refractivity contribution in [1.82, 2.24) is 20.5 Å². The van der Waals surface area contributed by atoms with E-state index in [1.807, 2.05) is 31.1 Å². The van der Waals surface area contributed by atoms with Crippen molar-refractivity contribution in [1.29, 1.82) is 0 Å². The quantitative estimate of drug-likeness (QED) is 0.329. The van der Waals surface area contributed by atoms with Crippen LogP contribution in [0.25, 0.3) is 10.9 Å². The Labute approximate surface area is 214 Å². The molecular weight excluding hydrogens is 527 g/mol. The van der Waals surface area contributed by atoms with Gasteiger partial charge in [0.2, 0.25) is 5.91 Å². The highest BCUT2D eigenvalue weighted by Gasteiger charge is 2.31. The molecule has 1 amide bonds. The summed E-state index contributed by atoms with van der Waals surface area (Å²) >= 11 is 0. The van der Waals surface area contributed by atoms with Gasteiger partial charge in [-0.2, -0.15) is 0 Å². The van der Waals surface area contributed by atoms with Gasteiger partial charge in [0.25, 0.3) is 0 Å². The van der Waals surface area contributed by atoms with Crippen molar-refractivity contribution in [3.05, 3.63) is 35.9 Å². The summed E-state index contributed by atoms with van der Waals surface area (Å²) in [6.07, 6.45) is 6.75. The number of hydrogen-bond acceptors (Lipinski definition) is 4. The molecule has 2 heterocycles. The van der Waals surface area contributed by atoms with Crippen LogP contribution >= 0.6 is 24.0 Å². The Morgan fingerprint density at radius 1 is 1.18 bits per heavy atom. The fourth-order valence-electron chi connectivity index (χ4n) is 4.86. The molecule has 8 heteroatoms. The zero-order valence-electron chi connectivity index (χ0n) is 20.0. The Balaban J connectivity index is 0.00000306. The second-order valence-corrected chi connectivity index (χ2v) is 9.23. The first-order valence-electron chi connectivity index (χ1n) is 11.9. The van der Waals surface area contributed by atoms with E-state index in [0.717, 1.165) is 55.0 Å². The van der Waals surface area contributed by atoms with Crippen molar-refractivity contribution in [2.24, 2.45) is 10.9 Å². The average Bonchev–Trinajstić information content (AvgIpc) is 3.29. The van der Waals surface area contributed by atoms with Crippen LogP contribution in [0, 0.1) is 5.92 Å². The Morgan fingerprint density at radius 3 is 2.67 bits per heavy atom. The van der Waals surface area contributed by atoms with Crippen LogP contribution in [0.2, 0.25) is 0 Å². The molecule has 0 radical (unpaired) electrons. The lowest BCUT2D eigenvalue weighted by Crippen LogP contribution is -2.45. The highest BCUT2D eigenvalue weighted by Crippen LogP contribution is 2.27. The number of aromatic nitrogens is 1. The Hall–Kier alpha value is -2.10. The van der Waals surface area contributed by atoms with Gasteiger partial charge in [-0.25, -0.2) is 4.98 Å². The van der Waals surface area contributed by atoms with Crippen molar-refractivity contribution in [2.75, 3.05) is 39.1 Å². The standard InChI is InChI=1S/C25H36N6O.HI/c1-26-25(28-20-13-14-31(17-20)24(32)18-9-5-4-6-10-18)27-16-19-15-23(30(2)3)29-22-12-8-7-11-21(19)22;/h7-8,11-12,15,18,20H,4-6,9-10,13-14,16-17H2,1-3H3,(H2,26,27,28);1H. The molecule has 0 spiro atoms. The van der Waals surface area contributed by atoms with E-state index in [9.17, 15) is 4.79 Å². The number of benzene rings is 1. The topological polar surface area (TPSA) is 72.9 Å². The second-order valence-electron chi connectivity index (χ2n) is 9.23. The fourth-order valence-corrected chi connectivity index (χ4v) is 4.86. The first-order valence-corrected chi connectivity index (χ1v) is 11.9. The summed E-state index contributed by atoms with van der Waals surface area (Å²) < 4.78 is 0. The maximum atomic E-state index is 12.9. The van der Waals surface area contributed by atoms with Gasteiger partial charge in [0.15, 0.2) is 5.96 Å². The van der Waals surface area contributed by atoms with Gasteiger partial charge in [0.1, 0.15) is 5.82 Å². The molecule has 1 saturated heterocycles. The first kappa shape index (κ1) is 25.5. The lowest BCUT2D eigenvalue weighted by atomic mass is 9.88. The second kappa shape index (κ2) is 11.9. The van der Waals surface area contributed by atoms with Crippen LogP contribution in [0.3, 0.4) is 0 Å². The van der Waals surface area contributed by atoms with Gasteiger partial charge in [-0.1, -0.05) is 37.5 Å². The van der Waals surface area contributed by atoms with E-state index < -0.39 is 0 Å². The minimum absolute atomic E-state index is 0. The molecule has 1 aromatic heterocycles. The molecule has 1 aliphatic heterocycles. The van der Waals surface area contributed by atoms with E-state index in [1.165, 1.54) is 24.8 Å². The number of likely N-dealkylation sites (tertiary alicyclic amines) is 1. The number of halogens is 1. The average molecular weight is 565 g/mol. The third kappa shape index (κ3) is 6.28. The molecule has 4 rings (SSSR count).